The fourth-order valence-corrected chi connectivity index (χ4v) is 3.07. The molecule has 0 aliphatic rings. The largest absolute Gasteiger partial charge is 0.444 e. The number of thiophene rings is 1. The number of carbonyl (C=O) groups is 1. The summed E-state index contributed by atoms with van der Waals surface area (Å²) < 4.78 is 7.18. The molecule has 18 heavy (non-hydrogen) atoms. The molecule has 0 bridgehead atoms. The van der Waals surface area contributed by atoms with Crippen LogP contribution in [-0.2, 0) is 4.74 Å². The number of fused-ring (bicyclic) bond motifs is 1. The summed E-state index contributed by atoms with van der Waals surface area (Å²) in [5.41, 5.74) is -0.524. The highest BCUT2D eigenvalue weighted by atomic mass is 79.9. The molecular weight excluding hydrogens is 316 g/mol. The van der Waals surface area contributed by atoms with Crippen molar-refractivity contribution in [2.75, 3.05) is 5.32 Å². The number of hydrogen-bond acceptors (Lipinski definition) is 4. The first kappa shape index (κ1) is 13.3. The molecule has 0 saturated heterocycles. The molecule has 1 amide bonds. The van der Waals surface area contributed by atoms with Crippen LogP contribution in [-0.4, -0.2) is 16.7 Å². The predicted molar refractivity (Wildman–Crippen MR) is 77.2 cm³/mol. The van der Waals surface area contributed by atoms with Crippen LogP contribution in [0.5, 0.6) is 0 Å². The summed E-state index contributed by atoms with van der Waals surface area (Å²) in [7, 11) is 0. The van der Waals surface area contributed by atoms with Gasteiger partial charge in [-0.25, -0.2) is 9.78 Å². The van der Waals surface area contributed by atoms with Crippen molar-refractivity contribution in [1.29, 1.82) is 0 Å². The zero-order valence-corrected chi connectivity index (χ0v) is 12.7. The van der Waals surface area contributed by atoms with E-state index >= 15 is 0 Å². The monoisotopic (exact) mass is 328 g/mol. The van der Waals surface area contributed by atoms with Crippen LogP contribution >= 0.6 is 27.3 Å². The van der Waals surface area contributed by atoms with Gasteiger partial charge in [0, 0.05) is 26.1 Å². The van der Waals surface area contributed by atoms with E-state index < -0.39 is 11.7 Å². The second kappa shape index (κ2) is 4.85. The van der Waals surface area contributed by atoms with Crippen LogP contribution in [0.1, 0.15) is 20.8 Å². The first-order valence-electron chi connectivity index (χ1n) is 5.38. The Hall–Kier alpha value is -1.14. The number of hydrogen-bond donors (Lipinski definition) is 1. The lowest BCUT2D eigenvalue weighted by Crippen LogP contribution is -2.27. The molecule has 0 aliphatic carbocycles. The molecule has 2 aromatic rings. The summed E-state index contributed by atoms with van der Waals surface area (Å²) in [5.74, 6) is 0.509. The molecule has 0 unspecified atom stereocenters. The Bertz CT molecular complexity index is 589. The third-order valence-electron chi connectivity index (χ3n) is 2.06. The molecule has 0 fully saturated rings. The van der Waals surface area contributed by atoms with E-state index in [0.717, 1.165) is 14.6 Å². The van der Waals surface area contributed by atoms with Gasteiger partial charge in [0.15, 0.2) is 0 Å². The number of rotatable bonds is 1. The van der Waals surface area contributed by atoms with Crippen LogP contribution < -0.4 is 5.32 Å². The van der Waals surface area contributed by atoms with Crippen molar-refractivity contribution < 1.29 is 9.53 Å². The number of pyridine rings is 1. The van der Waals surface area contributed by atoms with Crippen molar-refractivity contribution in [3.05, 3.63) is 22.1 Å². The number of nitrogens with zero attached hydrogens (tertiary/aromatic N) is 1. The van der Waals surface area contributed by atoms with Crippen molar-refractivity contribution in [1.82, 2.24) is 4.98 Å². The Kier molecular flexibility index (Phi) is 3.59. The second-order valence-corrected chi connectivity index (χ2v) is 6.51. The summed E-state index contributed by atoms with van der Waals surface area (Å²) in [6.45, 7) is 5.46. The van der Waals surface area contributed by atoms with E-state index in [1.165, 1.54) is 0 Å². The van der Waals surface area contributed by atoms with Gasteiger partial charge in [-0.2, -0.15) is 0 Å². The highest BCUT2D eigenvalue weighted by molar-refractivity contribution is 9.10. The Balaban J connectivity index is 2.27. The molecule has 2 rings (SSSR count). The van der Waals surface area contributed by atoms with Gasteiger partial charge in [0.05, 0.1) is 0 Å². The molecule has 0 atom stereocenters. The van der Waals surface area contributed by atoms with Crippen molar-refractivity contribution in [2.45, 2.75) is 26.4 Å². The van der Waals surface area contributed by atoms with Crippen molar-refractivity contribution in [2.24, 2.45) is 0 Å². The molecule has 0 aromatic carbocycles. The summed E-state index contributed by atoms with van der Waals surface area (Å²) in [5, 5.41) is 5.53. The van der Waals surface area contributed by atoms with E-state index in [4.69, 9.17) is 4.74 Å². The first-order chi connectivity index (χ1) is 8.37. The predicted octanol–water partition coefficient (Wildman–Crippen LogP) is 4.41. The van der Waals surface area contributed by atoms with E-state index in [1.54, 1.807) is 17.5 Å². The summed E-state index contributed by atoms with van der Waals surface area (Å²) >= 11 is 5.04. The van der Waals surface area contributed by atoms with Crippen LogP contribution in [0, 0.1) is 0 Å². The second-order valence-electron chi connectivity index (χ2n) is 4.74. The number of amides is 1. The van der Waals surface area contributed by atoms with E-state index in [0.29, 0.717) is 5.82 Å². The molecule has 2 heterocycles. The molecule has 96 valence electrons. The van der Waals surface area contributed by atoms with Crippen LogP contribution in [0.2, 0.25) is 0 Å². The number of aromatic nitrogens is 1. The number of halogens is 1. The van der Waals surface area contributed by atoms with Gasteiger partial charge in [-0.05, 0) is 42.8 Å². The molecule has 0 radical (unpaired) electrons. The van der Waals surface area contributed by atoms with E-state index in [1.807, 2.05) is 32.2 Å². The summed E-state index contributed by atoms with van der Waals surface area (Å²) in [4.78, 5) is 15.9. The fraction of sp³-hybridized carbons (Fsp3) is 0.333. The third-order valence-corrected chi connectivity index (χ3v) is 3.94. The zero-order chi connectivity index (χ0) is 13.3. The lowest BCUT2D eigenvalue weighted by atomic mass is 10.2. The van der Waals surface area contributed by atoms with Gasteiger partial charge >= 0.3 is 6.09 Å². The normalized spacial score (nSPS) is 11.6. The van der Waals surface area contributed by atoms with Gasteiger partial charge in [0.1, 0.15) is 11.4 Å². The van der Waals surface area contributed by atoms with Gasteiger partial charge in [-0.1, -0.05) is 0 Å². The number of anilines is 1. The minimum absolute atomic E-state index is 0.499. The Morgan fingerprint density at radius 2 is 2.22 bits per heavy atom. The maximum absolute atomic E-state index is 11.7. The molecule has 0 spiro atoms. The van der Waals surface area contributed by atoms with Crippen LogP contribution in [0.15, 0.2) is 22.1 Å². The smallest absolute Gasteiger partial charge is 0.413 e. The first-order valence-corrected chi connectivity index (χ1v) is 7.06. The van der Waals surface area contributed by atoms with Crippen LogP contribution in [0.4, 0.5) is 10.6 Å². The SMILES string of the molecule is CC(C)(C)OC(=O)Nc1nccc2scc(Br)c12. The average molecular weight is 329 g/mol. The number of nitrogens with one attached hydrogen (secondary N) is 1. The van der Waals surface area contributed by atoms with E-state index in [-0.39, 0.29) is 0 Å². The minimum atomic E-state index is -0.524. The highest BCUT2D eigenvalue weighted by Gasteiger charge is 2.18. The molecule has 0 saturated carbocycles. The van der Waals surface area contributed by atoms with Gasteiger partial charge in [-0.15, -0.1) is 11.3 Å². The van der Waals surface area contributed by atoms with Gasteiger partial charge in [0.2, 0.25) is 0 Å². The van der Waals surface area contributed by atoms with Gasteiger partial charge < -0.3 is 4.74 Å². The lowest BCUT2D eigenvalue weighted by Gasteiger charge is -2.19. The van der Waals surface area contributed by atoms with Gasteiger partial charge in [0.25, 0.3) is 0 Å². The molecular formula is C12H13BrN2O2S. The van der Waals surface area contributed by atoms with Crippen molar-refractivity contribution >= 4 is 49.3 Å². The molecule has 0 aliphatic heterocycles. The maximum atomic E-state index is 11.7. The standard InChI is InChI=1S/C12H13BrN2O2S/c1-12(2,3)17-11(16)15-10-9-7(13)6-18-8(9)4-5-14-10/h4-6H,1-3H3,(H,14,15,16). The van der Waals surface area contributed by atoms with E-state index in [9.17, 15) is 4.79 Å². The Morgan fingerprint density at radius 1 is 1.50 bits per heavy atom. The Morgan fingerprint density at radius 3 is 2.89 bits per heavy atom. The molecule has 1 N–H and O–H groups in total. The van der Waals surface area contributed by atoms with Gasteiger partial charge in [-0.3, -0.25) is 5.32 Å². The van der Waals surface area contributed by atoms with Crippen molar-refractivity contribution in [3.8, 4) is 0 Å². The molecule has 4 nitrogen and oxygen atoms in total. The lowest BCUT2D eigenvalue weighted by molar-refractivity contribution is 0.0635. The quantitative estimate of drug-likeness (QED) is 0.843. The summed E-state index contributed by atoms with van der Waals surface area (Å²) in [6, 6.07) is 1.91. The highest BCUT2D eigenvalue weighted by Crippen LogP contribution is 2.34. The topological polar surface area (TPSA) is 51.2 Å². The molecule has 6 heteroatoms. The minimum Gasteiger partial charge on any atom is -0.444 e. The number of ether oxygens (including phenoxy) is 1. The van der Waals surface area contributed by atoms with Crippen molar-refractivity contribution in [3.63, 3.8) is 0 Å². The summed E-state index contributed by atoms with van der Waals surface area (Å²) in [6.07, 6.45) is 1.17. The van der Waals surface area contributed by atoms with Crippen LogP contribution in [0.25, 0.3) is 10.1 Å². The molecule has 2 aromatic heterocycles. The maximum Gasteiger partial charge on any atom is 0.413 e. The van der Waals surface area contributed by atoms with E-state index in [2.05, 4.69) is 26.2 Å². The average Bonchev–Trinajstić information content (AvgIpc) is 2.58. The Labute approximate surface area is 117 Å². The fourth-order valence-electron chi connectivity index (χ4n) is 1.44. The third kappa shape index (κ3) is 3.00. The zero-order valence-electron chi connectivity index (χ0n) is 10.3. The van der Waals surface area contributed by atoms with Crippen LogP contribution in [0.3, 0.4) is 0 Å². The number of carbonyl (C=O) groups excluding carboxylic acids is 1.